The summed E-state index contributed by atoms with van der Waals surface area (Å²) in [7, 11) is 1.66. The molecule has 22 heavy (non-hydrogen) atoms. The third-order valence-electron chi connectivity index (χ3n) is 4.68. The summed E-state index contributed by atoms with van der Waals surface area (Å²) in [6.07, 6.45) is 6.17. The van der Waals surface area contributed by atoms with Crippen molar-refractivity contribution in [1.82, 2.24) is 0 Å². The Bertz CT molecular complexity index is 587. The predicted octanol–water partition coefficient (Wildman–Crippen LogP) is 2.22. The van der Waals surface area contributed by atoms with E-state index >= 15 is 0 Å². The molecule has 0 aromatic rings. The Balaban J connectivity index is 1.93. The number of nitrogens with zero attached hydrogens (tertiary/aromatic N) is 1. The summed E-state index contributed by atoms with van der Waals surface area (Å²) in [4.78, 5) is 28.8. The maximum atomic E-state index is 12.2. The summed E-state index contributed by atoms with van der Waals surface area (Å²) in [6, 6.07) is -0.711. The van der Waals surface area contributed by atoms with Crippen molar-refractivity contribution >= 4 is 17.5 Å². The number of fused-ring (bicyclic) bond motifs is 1. The third kappa shape index (κ3) is 2.72. The Morgan fingerprint density at radius 1 is 1.27 bits per heavy atom. The van der Waals surface area contributed by atoms with Crippen molar-refractivity contribution < 1.29 is 19.1 Å². The number of aliphatic imine (C=N–C) groups is 1. The van der Waals surface area contributed by atoms with Crippen molar-refractivity contribution in [2.24, 2.45) is 16.8 Å². The number of ether oxygens (including phenoxy) is 2. The Hall–Kier alpha value is -1.91. The van der Waals surface area contributed by atoms with Crippen LogP contribution in [0, 0.1) is 11.8 Å². The molecular formula is C17H21NO4. The molecular weight excluding hydrogens is 282 g/mol. The first kappa shape index (κ1) is 15.0. The van der Waals surface area contributed by atoms with E-state index in [0.717, 1.165) is 24.3 Å². The van der Waals surface area contributed by atoms with Crippen molar-refractivity contribution in [2.75, 3.05) is 13.7 Å². The number of hydrogen-bond acceptors (Lipinski definition) is 5. The first-order valence-electron chi connectivity index (χ1n) is 7.82. The molecule has 0 radical (unpaired) electrons. The Labute approximate surface area is 130 Å². The fourth-order valence-electron chi connectivity index (χ4n) is 3.57. The lowest BCUT2D eigenvalue weighted by molar-refractivity contribution is -0.146. The highest BCUT2D eigenvalue weighted by Crippen LogP contribution is 2.48. The summed E-state index contributed by atoms with van der Waals surface area (Å²) in [6.45, 7) is 2.06. The first-order chi connectivity index (χ1) is 10.6. The average Bonchev–Trinajstić information content (AvgIpc) is 2.57. The molecule has 3 unspecified atom stereocenters. The van der Waals surface area contributed by atoms with Gasteiger partial charge in [-0.2, -0.15) is 0 Å². The van der Waals surface area contributed by atoms with E-state index in [2.05, 4.69) is 4.99 Å². The second-order valence-electron chi connectivity index (χ2n) is 6.04. The minimum absolute atomic E-state index is 0.0978. The molecule has 0 spiro atoms. The second kappa shape index (κ2) is 6.07. The van der Waals surface area contributed by atoms with Crippen molar-refractivity contribution in [2.45, 2.75) is 38.6 Å². The first-order valence-corrected chi connectivity index (χ1v) is 7.82. The van der Waals surface area contributed by atoms with Crippen LogP contribution in [0.5, 0.6) is 0 Å². The van der Waals surface area contributed by atoms with E-state index < -0.39 is 12.0 Å². The normalized spacial score (nSPS) is 30.4. The molecule has 2 bridgehead atoms. The second-order valence-corrected chi connectivity index (χ2v) is 6.04. The van der Waals surface area contributed by atoms with Crippen LogP contribution in [0.15, 0.2) is 28.5 Å². The van der Waals surface area contributed by atoms with Crippen LogP contribution in [0.1, 0.15) is 32.6 Å². The smallest absolute Gasteiger partial charge is 0.331 e. The lowest BCUT2D eigenvalue weighted by Crippen LogP contribution is -2.33. The number of Topliss-reactive ketones (excluding diaryl/α,β-unsaturated/α-hetero) is 1. The molecule has 1 saturated carbocycles. The van der Waals surface area contributed by atoms with Crippen LogP contribution in [0.25, 0.3) is 0 Å². The number of carbonyl (C=O) groups is 2. The van der Waals surface area contributed by atoms with Gasteiger partial charge in [-0.1, -0.05) is 0 Å². The van der Waals surface area contributed by atoms with Crippen LogP contribution in [0.4, 0.5) is 0 Å². The van der Waals surface area contributed by atoms with Crippen LogP contribution in [-0.2, 0) is 19.1 Å². The van der Waals surface area contributed by atoms with Crippen LogP contribution >= 0.6 is 0 Å². The number of esters is 1. The maximum absolute atomic E-state index is 12.2. The molecule has 118 valence electrons. The topological polar surface area (TPSA) is 65.0 Å². The van der Waals surface area contributed by atoms with Gasteiger partial charge in [0.1, 0.15) is 11.5 Å². The van der Waals surface area contributed by atoms with Crippen molar-refractivity contribution in [1.29, 1.82) is 0 Å². The van der Waals surface area contributed by atoms with Gasteiger partial charge in [-0.05, 0) is 49.3 Å². The van der Waals surface area contributed by atoms with Gasteiger partial charge in [0.2, 0.25) is 0 Å². The van der Waals surface area contributed by atoms with E-state index in [1.54, 1.807) is 14.0 Å². The van der Waals surface area contributed by atoms with Gasteiger partial charge in [0.25, 0.3) is 0 Å². The van der Waals surface area contributed by atoms with E-state index in [-0.39, 0.29) is 12.2 Å². The Morgan fingerprint density at radius 3 is 2.82 bits per heavy atom. The lowest BCUT2D eigenvalue weighted by atomic mass is 9.65. The number of methoxy groups -OCH3 is 1. The van der Waals surface area contributed by atoms with Crippen LogP contribution in [0.2, 0.25) is 0 Å². The van der Waals surface area contributed by atoms with Crippen LogP contribution in [-0.4, -0.2) is 37.2 Å². The average molecular weight is 303 g/mol. The van der Waals surface area contributed by atoms with Crippen LogP contribution < -0.4 is 0 Å². The highest BCUT2D eigenvalue weighted by Gasteiger charge is 2.42. The van der Waals surface area contributed by atoms with Gasteiger partial charge in [-0.25, -0.2) is 4.79 Å². The number of carbonyl (C=O) groups excluding carboxylic acids is 2. The summed E-state index contributed by atoms with van der Waals surface area (Å²) in [5, 5.41) is 0. The van der Waals surface area contributed by atoms with E-state index in [1.165, 1.54) is 5.57 Å². The van der Waals surface area contributed by atoms with E-state index in [4.69, 9.17) is 9.47 Å². The summed E-state index contributed by atoms with van der Waals surface area (Å²) < 4.78 is 10.5. The summed E-state index contributed by atoms with van der Waals surface area (Å²) in [5.74, 6) is 1.23. The molecule has 3 aliphatic rings. The van der Waals surface area contributed by atoms with E-state index in [0.29, 0.717) is 24.9 Å². The zero-order chi connectivity index (χ0) is 15.7. The Morgan fingerprint density at radius 2 is 2.09 bits per heavy atom. The number of rotatable bonds is 3. The fraction of sp³-hybridized carbons (Fsp3) is 0.588. The van der Waals surface area contributed by atoms with Gasteiger partial charge in [-0.15, -0.1) is 0 Å². The summed E-state index contributed by atoms with van der Waals surface area (Å²) >= 11 is 0. The molecule has 5 heteroatoms. The van der Waals surface area contributed by atoms with Crippen molar-refractivity contribution in [3.05, 3.63) is 23.5 Å². The Kier molecular flexibility index (Phi) is 4.14. The highest BCUT2D eigenvalue weighted by molar-refractivity contribution is 5.99. The third-order valence-corrected chi connectivity index (χ3v) is 4.68. The molecule has 0 aromatic carbocycles. The fourth-order valence-corrected chi connectivity index (χ4v) is 3.57. The zero-order valence-electron chi connectivity index (χ0n) is 13.0. The number of hydrogen-bond donors (Lipinski definition) is 0. The van der Waals surface area contributed by atoms with Gasteiger partial charge in [0, 0.05) is 18.6 Å². The standard InChI is InChI=1S/C17H21NO4/c1-3-22-17(20)15-9-12(19)6-10-7-14-13(10)8-11(18-15)4-5-16(14)21-2/h4-5,10,13,15H,3,6-9H2,1-2H3. The van der Waals surface area contributed by atoms with Gasteiger partial charge in [0.15, 0.2) is 6.04 Å². The van der Waals surface area contributed by atoms with Gasteiger partial charge in [0.05, 0.1) is 13.7 Å². The molecule has 0 amide bonds. The van der Waals surface area contributed by atoms with Crippen LogP contribution in [0.3, 0.4) is 0 Å². The van der Waals surface area contributed by atoms with Crippen molar-refractivity contribution in [3.63, 3.8) is 0 Å². The quantitative estimate of drug-likeness (QED) is 0.750. The van der Waals surface area contributed by atoms with Gasteiger partial charge >= 0.3 is 5.97 Å². The molecule has 1 fully saturated rings. The SMILES string of the molecule is CCOC(=O)C1CC(=O)CC2CC3=C(OC)C=CC(=N1)CC32. The number of allylic oxidation sites excluding steroid dienone is 3. The molecule has 0 aromatic heterocycles. The molecule has 1 aliphatic heterocycles. The monoisotopic (exact) mass is 303 g/mol. The highest BCUT2D eigenvalue weighted by atomic mass is 16.5. The number of ketones is 1. The minimum Gasteiger partial charge on any atom is -0.497 e. The van der Waals surface area contributed by atoms with Gasteiger partial charge in [-0.3, -0.25) is 9.79 Å². The molecule has 5 nitrogen and oxygen atoms in total. The zero-order valence-corrected chi connectivity index (χ0v) is 13.0. The molecule has 3 atom stereocenters. The largest absolute Gasteiger partial charge is 0.497 e. The molecule has 2 aliphatic carbocycles. The van der Waals surface area contributed by atoms with Gasteiger partial charge < -0.3 is 9.47 Å². The molecule has 1 heterocycles. The molecule has 0 saturated heterocycles. The molecule has 3 rings (SSSR count). The van der Waals surface area contributed by atoms with E-state index in [1.807, 2.05) is 12.2 Å². The van der Waals surface area contributed by atoms with E-state index in [9.17, 15) is 9.59 Å². The van der Waals surface area contributed by atoms with Crippen molar-refractivity contribution in [3.8, 4) is 0 Å². The predicted molar refractivity (Wildman–Crippen MR) is 81.5 cm³/mol. The lowest BCUT2D eigenvalue weighted by Gasteiger charge is -2.39. The summed E-state index contributed by atoms with van der Waals surface area (Å²) in [5.41, 5.74) is 2.13. The minimum atomic E-state index is -0.711. The molecule has 0 N–H and O–H groups in total. The maximum Gasteiger partial charge on any atom is 0.331 e.